The lowest BCUT2D eigenvalue weighted by atomic mass is 9.84. The van der Waals surface area contributed by atoms with E-state index < -0.39 is 11.5 Å². The minimum Gasteiger partial charge on any atom is -0.480 e. The highest BCUT2D eigenvalue weighted by molar-refractivity contribution is 5.79. The first kappa shape index (κ1) is 16.4. The zero-order valence-electron chi connectivity index (χ0n) is 12.9. The van der Waals surface area contributed by atoms with Crippen LogP contribution in [-0.2, 0) is 4.79 Å². The number of aliphatic carboxylic acids is 1. The molecule has 0 heterocycles. The lowest BCUT2D eigenvalue weighted by Crippen LogP contribution is -2.53. The summed E-state index contributed by atoms with van der Waals surface area (Å²) in [4.78, 5) is 13.9. The Kier molecular flexibility index (Phi) is 6.27. The van der Waals surface area contributed by atoms with E-state index in [4.69, 9.17) is 0 Å². The molecule has 3 atom stereocenters. The molecule has 0 spiro atoms. The maximum atomic E-state index is 11.6. The third kappa shape index (κ3) is 3.69. The van der Waals surface area contributed by atoms with Crippen molar-refractivity contribution in [1.82, 2.24) is 10.2 Å². The van der Waals surface area contributed by atoms with Crippen molar-refractivity contribution in [3.63, 3.8) is 0 Å². The van der Waals surface area contributed by atoms with E-state index >= 15 is 0 Å². The van der Waals surface area contributed by atoms with E-state index in [0.717, 1.165) is 32.2 Å². The molecule has 0 aliphatic heterocycles. The van der Waals surface area contributed by atoms with E-state index in [9.17, 15) is 9.90 Å². The summed E-state index contributed by atoms with van der Waals surface area (Å²) in [6.45, 7) is 5.45. The van der Waals surface area contributed by atoms with Crippen molar-refractivity contribution in [1.29, 1.82) is 0 Å². The van der Waals surface area contributed by atoms with Gasteiger partial charge in [0.05, 0.1) is 0 Å². The molecular formula is C15H30N2O2. The zero-order valence-corrected chi connectivity index (χ0v) is 12.9. The third-order valence-electron chi connectivity index (χ3n) is 4.94. The van der Waals surface area contributed by atoms with Gasteiger partial charge in [-0.05, 0) is 59.2 Å². The van der Waals surface area contributed by atoms with Gasteiger partial charge in [0.25, 0.3) is 0 Å². The summed E-state index contributed by atoms with van der Waals surface area (Å²) in [6, 6.07) is 0.584. The Labute approximate surface area is 117 Å². The monoisotopic (exact) mass is 270 g/mol. The highest BCUT2D eigenvalue weighted by Gasteiger charge is 2.47. The molecule has 1 fully saturated rings. The van der Waals surface area contributed by atoms with Crippen molar-refractivity contribution in [2.75, 3.05) is 20.6 Å². The summed E-state index contributed by atoms with van der Waals surface area (Å²) >= 11 is 0. The lowest BCUT2D eigenvalue weighted by molar-refractivity contribution is -0.146. The molecule has 0 amide bonds. The first-order valence-corrected chi connectivity index (χ1v) is 7.60. The number of hydrogen-bond acceptors (Lipinski definition) is 3. The average Bonchev–Trinajstić information content (AvgIpc) is 2.80. The predicted octanol–water partition coefficient (Wildman–Crippen LogP) is 2.34. The Morgan fingerprint density at radius 1 is 1.58 bits per heavy atom. The molecule has 19 heavy (non-hydrogen) atoms. The van der Waals surface area contributed by atoms with Crippen LogP contribution in [0, 0.1) is 5.92 Å². The Balaban J connectivity index is 2.54. The minimum absolute atomic E-state index is 0.256. The van der Waals surface area contributed by atoms with Crippen LogP contribution in [0.2, 0.25) is 0 Å². The fourth-order valence-electron chi connectivity index (χ4n) is 3.40. The molecule has 3 unspecified atom stereocenters. The summed E-state index contributed by atoms with van der Waals surface area (Å²) < 4.78 is 0. The van der Waals surface area contributed by atoms with Crippen LogP contribution >= 0.6 is 0 Å². The molecule has 0 saturated heterocycles. The number of hydrogen-bond donors (Lipinski definition) is 2. The second-order valence-corrected chi connectivity index (χ2v) is 6.02. The van der Waals surface area contributed by atoms with Gasteiger partial charge in [-0.3, -0.25) is 4.79 Å². The number of rotatable bonds is 8. The van der Waals surface area contributed by atoms with E-state index in [1.807, 2.05) is 0 Å². The van der Waals surface area contributed by atoms with Crippen LogP contribution in [-0.4, -0.2) is 48.2 Å². The molecule has 0 bridgehead atoms. The highest BCUT2D eigenvalue weighted by atomic mass is 16.4. The molecule has 2 N–H and O–H groups in total. The fraction of sp³-hybridized carbons (Fsp3) is 0.933. The standard InChI is InChI=1S/C15H30N2O2/c1-5-7-12(2)17(4)11-9-13-8-6-10-15(13,16-3)14(18)19/h12-13,16H,5-11H2,1-4H3,(H,18,19). The van der Waals surface area contributed by atoms with Crippen LogP contribution in [0.4, 0.5) is 0 Å². The van der Waals surface area contributed by atoms with Crippen molar-refractivity contribution < 1.29 is 9.90 Å². The molecule has 0 aromatic carbocycles. The molecule has 112 valence electrons. The predicted molar refractivity (Wildman–Crippen MR) is 78.4 cm³/mol. The molecule has 0 radical (unpaired) electrons. The van der Waals surface area contributed by atoms with Crippen LogP contribution in [0.25, 0.3) is 0 Å². The second-order valence-electron chi connectivity index (χ2n) is 6.02. The van der Waals surface area contributed by atoms with Gasteiger partial charge in [-0.1, -0.05) is 19.8 Å². The normalized spacial score (nSPS) is 28.8. The van der Waals surface area contributed by atoms with Gasteiger partial charge < -0.3 is 15.3 Å². The first-order valence-electron chi connectivity index (χ1n) is 7.60. The Morgan fingerprint density at radius 2 is 2.26 bits per heavy atom. The third-order valence-corrected chi connectivity index (χ3v) is 4.94. The van der Waals surface area contributed by atoms with E-state index in [-0.39, 0.29) is 5.92 Å². The SMILES string of the molecule is CCCC(C)N(C)CCC1CCCC1(NC)C(=O)O. The number of nitrogens with zero attached hydrogens (tertiary/aromatic N) is 1. The van der Waals surface area contributed by atoms with Gasteiger partial charge in [-0.25, -0.2) is 0 Å². The number of likely N-dealkylation sites (N-methyl/N-ethyl adjacent to an activating group) is 1. The Morgan fingerprint density at radius 3 is 2.79 bits per heavy atom. The summed E-state index contributed by atoms with van der Waals surface area (Å²) in [6.07, 6.45) is 6.19. The van der Waals surface area contributed by atoms with Gasteiger partial charge in [0.15, 0.2) is 0 Å². The number of carboxylic acids is 1. The van der Waals surface area contributed by atoms with Crippen LogP contribution < -0.4 is 5.32 Å². The number of carbonyl (C=O) groups is 1. The van der Waals surface area contributed by atoms with Crippen LogP contribution in [0.5, 0.6) is 0 Å². The summed E-state index contributed by atoms with van der Waals surface area (Å²) in [5.41, 5.74) is -0.686. The zero-order chi connectivity index (χ0) is 14.5. The summed E-state index contributed by atoms with van der Waals surface area (Å²) in [5.74, 6) is -0.423. The molecule has 1 saturated carbocycles. The van der Waals surface area contributed by atoms with Crippen molar-refractivity contribution in [2.24, 2.45) is 5.92 Å². The second kappa shape index (κ2) is 7.25. The molecule has 4 heteroatoms. The fourth-order valence-corrected chi connectivity index (χ4v) is 3.40. The van der Waals surface area contributed by atoms with E-state index in [2.05, 4.69) is 31.1 Å². The Bertz CT molecular complexity index is 296. The minimum atomic E-state index is -0.686. The maximum Gasteiger partial charge on any atom is 0.324 e. The van der Waals surface area contributed by atoms with Gasteiger partial charge in [0.1, 0.15) is 5.54 Å². The first-order chi connectivity index (χ1) is 8.97. The van der Waals surface area contributed by atoms with Crippen LogP contribution in [0.3, 0.4) is 0 Å². The summed E-state index contributed by atoms with van der Waals surface area (Å²) in [7, 11) is 3.94. The van der Waals surface area contributed by atoms with E-state index in [1.54, 1.807) is 7.05 Å². The van der Waals surface area contributed by atoms with Crippen molar-refractivity contribution >= 4 is 5.97 Å². The van der Waals surface area contributed by atoms with E-state index in [0.29, 0.717) is 6.04 Å². The van der Waals surface area contributed by atoms with E-state index in [1.165, 1.54) is 12.8 Å². The summed E-state index contributed by atoms with van der Waals surface area (Å²) in [5, 5.41) is 12.6. The average molecular weight is 270 g/mol. The van der Waals surface area contributed by atoms with Crippen molar-refractivity contribution in [3.05, 3.63) is 0 Å². The molecule has 4 nitrogen and oxygen atoms in total. The quantitative estimate of drug-likeness (QED) is 0.711. The molecule has 1 aliphatic rings. The largest absolute Gasteiger partial charge is 0.480 e. The van der Waals surface area contributed by atoms with Crippen LogP contribution in [0.1, 0.15) is 52.4 Å². The molecular weight excluding hydrogens is 240 g/mol. The number of carboxylic acid groups (broad SMARTS) is 1. The number of nitrogens with one attached hydrogen (secondary N) is 1. The smallest absolute Gasteiger partial charge is 0.324 e. The van der Waals surface area contributed by atoms with Gasteiger partial charge in [-0.2, -0.15) is 0 Å². The topological polar surface area (TPSA) is 52.6 Å². The highest BCUT2D eigenvalue weighted by Crippen LogP contribution is 2.38. The van der Waals surface area contributed by atoms with Crippen molar-refractivity contribution in [2.45, 2.75) is 64.0 Å². The van der Waals surface area contributed by atoms with Gasteiger partial charge >= 0.3 is 5.97 Å². The Hall–Kier alpha value is -0.610. The molecule has 0 aromatic rings. The maximum absolute atomic E-state index is 11.6. The van der Waals surface area contributed by atoms with Crippen molar-refractivity contribution in [3.8, 4) is 0 Å². The van der Waals surface area contributed by atoms with Crippen LogP contribution in [0.15, 0.2) is 0 Å². The molecule has 0 aromatic heterocycles. The molecule has 1 aliphatic carbocycles. The molecule has 1 rings (SSSR count). The van der Waals surface area contributed by atoms with Gasteiger partial charge in [0.2, 0.25) is 0 Å². The van der Waals surface area contributed by atoms with Gasteiger partial charge in [-0.15, -0.1) is 0 Å². The lowest BCUT2D eigenvalue weighted by Gasteiger charge is -2.33. The van der Waals surface area contributed by atoms with Gasteiger partial charge in [0, 0.05) is 6.04 Å².